The maximum atomic E-state index is 12.7. The number of ketones is 1. The van der Waals surface area contributed by atoms with Gasteiger partial charge in [0.2, 0.25) is 11.8 Å². The van der Waals surface area contributed by atoms with Gasteiger partial charge in [-0.15, -0.1) is 11.3 Å². The minimum absolute atomic E-state index is 0.00733. The number of aromatic nitrogens is 2. The molecule has 1 aromatic carbocycles. The van der Waals surface area contributed by atoms with E-state index < -0.39 is 0 Å². The lowest BCUT2D eigenvalue weighted by atomic mass is 10.2. The number of carbonyl (C=O) groups is 3. The normalized spacial score (nSPS) is 16.1. The molecular weight excluding hydrogens is 400 g/mol. The van der Waals surface area contributed by atoms with E-state index >= 15 is 0 Å². The number of amides is 2. The van der Waals surface area contributed by atoms with Gasteiger partial charge in [-0.2, -0.15) is 0 Å². The zero-order chi connectivity index (χ0) is 20.9. The monoisotopic (exact) mass is 424 g/mol. The molecule has 1 atom stereocenters. The first-order chi connectivity index (χ1) is 14.6. The van der Waals surface area contributed by atoms with Crippen LogP contribution in [0.4, 0.5) is 0 Å². The fourth-order valence-corrected chi connectivity index (χ4v) is 4.50. The second kappa shape index (κ2) is 9.21. The van der Waals surface area contributed by atoms with E-state index in [2.05, 4.69) is 15.3 Å². The Morgan fingerprint density at radius 3 is 2.80 bits per heavy atom. The molecule has 156 valence electrons. The maximum absolute atomic E-state index is 12.7. The molecule has 4 rings (SSSR count). The second-order valence-electron chi connectivity index (χ2n) is 7.38. The Balaban J connectivity index is 1.25. The highest BCUT2D eigenvalue weighted by atomic mass is 32.1. The van der Waals surface area contributed by atoms with Crippen LogP contribution < -0.4 is 5.32 Å². The average Bonchev–Trinajstić information content (AvgIpc) is 3.51. The summed E-state index contributed by atoms with van der Waals surface area (Å²) in [6, 6.07) is 11.4. The van der Waals surface area contributed by atoms with E-state index in [4.69, 9.17) is 0 Å². The number of nitrogens with one attached hydrogen (secondary N) is 2. The van der Waals surface area contributed by atoms with Crippen molar-refractivity contribution in [3.05, 3.63) is 52.5 Å². The lowest BCUT2D eigenvalue weighted by Gasteiger charge is -2.23. The third-order valence-corrected chi connectivity index (χ3v) is 6.24. The number of likely N-dealkylation sites (tertiary alicyclic amines) is 1. The van der Waals surface area contributed by atoms with Gasteiger partial charge < -0.3 is 15.2 Å². The molecule has 1 fully saturated rings. The van der Waals surface area contributed by atoms with E-state index in [-0.39, 0.29) is 49.4 Å². The number of rotatable bonds is 8. The van der Waals surface area contributed by atoms with Crippen molar-refractivity contribution in [1.82, 2.24) is 20.2 Å². The molecule has 3 aromatic rings. The molecule has 0 aliphatic carbocycles. The number of fused-ring (bicyclic) bond motifs is 1. The van der Waals surface area contributed by atoms with Gasteiger partial charge in [0.25, 0.3) is 0 Å². The average molecular weight is 425 g/mol. The third kappa shape index (κ3) is 4.59. The molecule has 2 aromatic heterocycles. The number of carbonyl (C=O) groups excluding carboxylic acids is 3. The highest BCUT2D eigenvalue weighted by Crippen LogP contribution is 2.31. The van der Waals surface area contributed by atoms with E-state index in [9.17, 15) is 14.4 Å². The van der Waals surface area contributed by atoms with Gasteiger partial charge >= 0.3 is 0 Å². The molecule has 1 unspecified atom stereocenters. The highest BCUT2D eigenvalue weighted by Gasteiger charge is 2.31. The molecule has 7 nitrogen and oxygen atoms in total. The largest absolute Gasteiger partial charge is 0.356 e. The van der Waals surface area contributed by atoms with Crippen LogP contribution in [0.2, 0.25) is 0 Å². The number of thiophene rings is 1. The number of H-pyrrole nitrogens is 1. The Labute approximate surface area is 178 Å². The van der Waals surface area contributed by atoms with Gasteiger partial charge in [-0.05, 0) is 36.4 Å². The number of hydrogen-bond donors (Lipinski definition) is 2. The lowest BCUT2D eigenvalue weighted by Crippen LogP contribution is -2.34. The zero-order valence-corrected chi connectivity index (χ0v) is 17.4. The van der Waals surface area contributed by atoms with Crippen molar-refractivity contribution in [2.45, 2.75) is 38.1 Å². The summed E-state index contributed by atoms with van der Waals surface area (Å²) in [5.74, 6) is 0.594. The van der Waals surface area contributed by atoms with Crippen LogP contribution in [-0.4, -0.2) is 45.6 Å². The summed E-state index contributed by atoms with van der Waals surface area (Å²) in [5.41, 5.74) is 1.87. The summed E-state index contributed by atoms with van der Waals surface area (Å²) in [6.07, 6.45) is 2.37. The number of para-hydroxylation sites is 2. The number of Topliss-reactive ketones (excluding diaryl/α,β-unsaturated/α-hetero) is 1. The number of nitrogens with zero attached hydrogens (tertiary/aromatic N) is 2. The minimum atomic E-state index is -0.206. The summed E-state index contributed by atoms with van der Waals surface area (Å²) >= 11 is 1.38. The van der Waals surface area contributed by atoms with Crippen LogP contribution in [0.15, 0.2) is 41.8 Å². The third-order valence-electron chi connectivity index (χ3n) is 5.33. The van der Waals surface area contributed by atoms with Crippen molar-refractivity contribution in [1.29, 1.82) is 0 Å². The van der Waals surface area contributed by atoms with Gasteiger partial charge in [0.05, 0.1) is 22.0 Å². The summed E-state index contributed by atoms with van der Waals surface area (Å²) < 4.78 is 0. The molecule has 1 aliphatic heterocycles. The van der Waals surface area contributed by atoms with Crippen LogP contribution in [0.25, 0.3) is 11.0 Å². The molecule has 0 spiro atoms. The topological polar surface area (TPSA) is 95.2 Å². The van der Waals surface area contributed by atoms with Crippen LogP contribution in [0.5, 0.6) is 0 Å². The maximum Gasteiger partial charge on any atom is 0.224 e. The Morgan fingerprint density at radius 1 is 1.13 bits per heavy atom. The van der Waals surface area contributed by atoms with Crippen LogP contribution >= 0.6 is 11.3 Å². The van der Waals surface area contributed by atoms with Gasteiger partial charge in [0, 0.05) is 32.4 Å². The molecular formula is C22H24N4O3S. The van der Waals surface area contributed by atoms with E-state index in [0.29, 0.717) is 11.4 Å². The number of imidazole rings is 1. The van der Waals surface area contributed by atoms with Gasteiger partial charge in [0.1, 0.15) is 5.82 Å². The Morgan fingerprint density at radius 2 is 2.00 bits per heavy atom. The smallest absolute Gasteiger partial charge is 0.224 e. The Bertz CT molecular complexity index is 1010. The van der Waals surface area contributed by atoms with Gasteiger partial charge in [-0.1, -0.05) is 18.2 Å². The van der Waals surface area contributed by atoms with Crippen molar-refractivity contribution in [3.63, 3.8) is 0 Å². The molecule has 0 bridgehead atoms. The SMILES string of the molecule is O=C(CCC(=O)c1cccs1)NCCC(=O)N1CCCC1c1nc2ccccc2[nH]1. The van der Waals surface area contributed by atoms with Crippen LogP contribution in [0.1, 0.15) is 53.6 Å². The second-order valence-corrected chi connectivity index (χ2v) is 8.33. The molecule has 0 saturated carbocycles. The first-order valence-corrected chi connectivity index (χ1v) is 11.1. The summed E-state index contributed by atoms with van der Waals surface area (Å²) in [4.78, 5) is 47.2. The lowest BCUT2D eigenvalue weighted by molar-refractivity contribution is -0.132. The first-order valence-electron chi connectivity index (χ1n) is 10.2. The summed E-state index contributed by atoms with van der Waals surface area (Å²) in [7, 11) is 0. The molecule has 8 heteroatoms. The molecule has 30 heavy (non-hydrogen) atoms. The van der Waals surface area contributed by atoms with Gasteiger partial charge in [-0.3, -0.25) is 14.4 Å². The molecule has 1 saturated heterocycles. The van der Waals surface area contributed by atoms with E-state index in [1.54, 1.807) is 6.07 Å². The zero-order valence-electron chi connectivity index (χ0n) is 16.6. The fraction of sp³-hybridized carbons (Fsp3) is 0.364. The van der Waals surface area contributed by atoms with Crippen molar-refractivity contribution in [3.8, 4) is 0 Å². The molecule has 0 radical (unpaired) electrons. The van der Waals surface area contributed by atoms with Crippen LogP contribution in [-0.2, 0) is 9.59 Å². The molecule has 1 aliphatic rings. The first kappa shape index (κ1) is 20.3. The van der Waals surface area contributed by atoms with Crippen molar-refractivity contribution >= 4 is 40.0 Å². The van der Waals surface area contributed by atoms with Crippen molar-refractivity contribution in [2.75, 3.05) is 13.1 Å². The van der Waals surface area contributed by atoms with Gasteiger partial charge in [0.15, 0.2) is 5.78 Å². The predicted octanol–water partition coefficient (Wildman–Crippen LogP) is 3.46. The van der Waals surface area contributed by atoms with Crippen LogP contribution in [0, 0.1) is 0 Å². The number of hydrogen-bond acceptors (Lipinski definition) is 5. The van der Waals surface area contributed by atoms with Crippen LogP contribution in [0.3, 0.4) is 0 Å². The van der Waals surface area contributed by atoms with Gasteiger partial charge in [-0.25, -0.2) is 4.98 Å². The quantitative estimate of drug-likeness (QED) is 0.542. The molecule has 3 heterocycles. The Kier molecular flexibility index (Phi) is 6.23. The van der Waals surface area contributed by atoms with E-state index in [1.165, 1.54) is 11.3 Å². The standard InChI is InChI=1S/C22H24N4O3S/c27-18(19-8-4-14-30-19)9-10-20(28)23-12-11-21(29)26-13-3-7-17(26)22-24-15-5-1-2-6-16(15)25-22/h1-2,4-6,8,14,17H,3,7,9-13H2,(H,23,28)(H,24,25). The molecule has 2 amide bonds. The fourth-order valence-electron chi connectivity index (χ4n) is 3.81. The Hall–Kier alpha value is -3.00. The minimum Gasteiger partial charge on any atom is -0.356 e. The van der Waals surface area contributed by atoms with Crippen molar-refractivity contribution < 1.29 is 14.4 Å². The van der Waals surface area contributed by atoms with E-state index in [1.807, 2.05) is 40.6 Å². The number of benzene rings is 1. The number of aromatic amines is 1. The van der Waals surface area contributed by atoms with Crippen molar-refractivity contribution in [2.24, 2.45) is 0 Å². The highest BCUT2D eigenvalue weighted by molar-refractivity contribution is 7.12. The summed E-state index contributed by atoms with van der Waals surface area (Å²) in [6.45, 7) is 0.970. The summed E-state index contributed by atoms with van der Waals surface area (Å²) in [5, 5.41) is 4.60. The molecule has 2 N–H and O–H groups in total. The predicted molar refractivity (Wildman–Crippen MR) is 115 cm³/mol. The van der Waals surface area contributed by atoms with E-state index in [0.717, 1.165) is 29.7 Å².